The summed E-state index contributed by atoms with van der Waals surface area (Å²) in [7, 11) is 0. The van der Waals surface area contributed by atoms with Crippen LogP contribution in [0.1, 0.15) is 12.5 Å². The number of amides is 1. The van der Waals surface area contributed by atoms with Crippen LogP contribution in [0.25, 0.3) is 0 Å². The molecular weight excluding hydrogens is 230 g/mol. The Morgan fingerprint density at radius 1 is 1.44 bits per heavy atom. The first-order valence-corrected chi connectivity index (χ1v) is 5.85. The number of benzene rings is 1. The van der Waals surface area contributed by atoms with Crippen LogP contribution in [-0.4, -0.2) is 30.8 Å². The number of hydrogen-bond acceptors (Lipinski definition) is 3. The zero-order valence-electron chi connectivity index (χ0n) is 10.6. The van der Waals surface area contributed by atoms with Crippen LogP contribution in [0.2, 0.25) is 0 Å². The molecule has 1 rings (SSSR count). The molecule has 4 nitrogen and oxygen atoms in total. The lowest BCUT2D eigenvalue weighted by molar-refractivity contribution is -0.120. The van der Waals surface area contributed by atoms with Gasteiger partial charge in [0.1, 0.15) is 5.75 Å². The Morgan fingerprint density at radius 2 is 2.17 bits per heavy atom. The first kappa shape index (κ1) is 14.3. The number of nitrogens with one attached hydrogen (secondary N) is 1. The fourth-order valence-electron chi connectivity index (χ4n) is 1.40. The van der Waals surface area contributed by atoms with Crippen molar-refractivity contribution in [1.29, 1.82) is 0 Å². The van der Waals surface area contributed by atoms with Crippen molar-refractivity contribution in [2.24, 2.45) is 0 Å². The molecule has 0 aliphatic rings. The van der Waals surface area contributed by atoms with Gasteiger partial charge in [0, 0.05) is 12.1 Å². The van der Waals surface area contributed by atoms with E-state index in [0.717, 1.165) is 5.57 Å². The Bertz CT molecular complexity index is 415. The SMILES string of the molecule is C=C(C)COCCNC(=O)Cc1ccccc1O. The quantitative estimate of drug-likeness (QED) is 0.570. The molecule has 0 bridgehead atoms. The van der Waals surface area contributed by atoms with Gasteiger partial charge in [-0.25, -0.2) is 0 Å². The summed E-state index contributed by atoms with van der Waals surface area (Å²) < 4.78 is 5.26. The highest BCUT2D eigenvalue weighted by Crippen LogP contribution is 2.15. The van der Waals surface area contributed by atoms with Gasteiger partial charge in [-0.15, -0.1) is 0 Å². The number of phenols is 1. The number of hydrogen-bond donors (Lipinski definition) is 2. The molecule has 1 amide bonds. The Morgan fingerprint density at radius 3 is 2.83 bits per heavy atom. The number of ether oxygens (including phenoxy) is 1. The van der Waals surface area contributed by atoms with E-state index in [1.165, 1.54) is 0 Å². The summed E-state index contributed by atoms with van der Waals surface area (Å²) in [6.07, 6.45) is 0.174. The molecule has 0 saturated carbocycles. The molecule has 0 spiro atoms. The van der Waals surface area contributed by atoms with Crippen molar-refractivity contribution in [3.05, 3.63) is 42.0 Å². The van der Waals surface area contributed by atoms with Crippen LogP contribution in [-0.2, 0) is 16.0 Å². The van der Waals surface area contributed by atoms with Crippen LogP contribution in [0.4, 0.5) is 0 Å². The third-order valence-electron chi connectivity index (χ3n) is 2.26. The van der Waals surface area contributed by atoms with Gasteiger partial charge in [-0.3, -0.25) is 4.79 Å². The van der Waals surface area contributed by atoms with Crippen molar-refractivity contribution in [2.45, 2.75) is 13.3 Å². The zero-order chi connectivity index (χ0) is 13.4. The van der Waals surface area contributed by atoms with Gasteiger partial charge < -0.3 is 15.2 Å². The summed E-state index contributed by atoms with van der Waals surface area (Å²) in [5, 5.41) is 12.2. The van der Waals surface area contributed by atoms with Gasteiger partial charge in [0.15, 0.2) is 0 Å². The van der Waals surface area contributed by atoms with Gasteiger partial charge in [-0.05, 0) is 13.0 Å². The molecule has 0 radical (unpaired) electrons. The number of carbonyl (C=O) groups excluding carboxylic acids is 1. The van der Waals surface area contributed by atoms with Gasteiger partial charge in [-0.2, -0.15) is 0 Å². The third kappa shape index (κ3) is 5.50. The van der Waals surface area contributed by atoms with E-state index in [1.807, 2.05) is 6.92 Å². The number of para-hydroxylation sites is 1. The molecular formula is C14H19NO3. The highest BCUT2D eigenvalue weighted by atomic mass is 16.5. The topological polar surface area (TPSA) is 58.6 Å². The first-order valence-electron chi connectivity index (χ1n) is 5.85. The Balaban J connectivity index is 2.22. The number of aromatic hydroxyl groups is 1. The van der Waals surface area contributed by atoms with E-state index in [-0.39, 0.29) is 18.1 Å². The lowest BCUT2D eigenvalue weighted by Gasteiger charge is -2.07. The Hall–Kier alpha value is -1.81. The van der Waals surface area contributed by atoms with Crippen molar-refractivity contribution in [3.63, 3.8) is 0 Å². The lowest BCUT2D eigenvalue weighted by atomic mass is 10.1. The van der Waals surface area contributed by atoms with Crippen LogP contribution >= 0.6 is 0 Å². The van der Waals surface area contributed by atoms with Crippen LogP contribution in [0, 0.1) is 0 Å². The molecule has 0 aliphatic carbocycles. The van der Waals surface area contributed by atoms with Crippen LogP contribution in [0.3, 0.4) is 0 Å². The van der Waals surface area contributed by atoms with Gasteiger partial charge in [-0.1, -0.05) is 30.4 Å². The number of rotatable bonds is 7. The summed E-state index contributed by atoms with van der Waals surface area (Å²) in [5.74, 6) is 0.0154. The largest absolute Gasteiger partial charge is 0.508 e. The summed E-state index contributed by atoms with van der Waals surface area (Å²) in [6, 6.07) is 6.81. The predicted octanol–water partition coefficient (Wildman–Crippen LogP) is 1.64. The monoisotopic (exact) mass is 249 g/mol. The number of carbonyl (C=O) groups is 1. The minimum Gasteiger partial charge on any atom is -0.508 e. The maximum absolute atomic E-state index is 11.6. The van der Waals surface area contributed by atoms with Gasteiger partial charge in [0.25, 0.3) is 0 Å². The first-order chi connectivity index (χ1) is 8.59. The van der Waals surface area contributed by atoms with E-state index in [2.05, 4.69) is 11.9 Å². The van der Waals surface area contributed by atoms with E-state index in [1.54, 1.807) is 24.3 Å². The normalized spacial score (nSPS) is 10.1. The predicted molar refractivity (Wildman–Crippen MR) is 70.5 cm³/mol. The molecule has 98 valence electrons. The smallest absolute Gasteiger partial charge is 0.224 e. The molecule has 0 saturated heterocycles. The molecule has 18 heavy (non-hydrogen) atoms. The minimum atomic E-state index is -0.129. The van der Waals surface area contributed by atoms with Crippen molar-refractivity contribution >= 4 is 5.91 Å². The van der Waals surface area contributed by atoms with Crippen molar-refractivity contribution < 1.29 is 14.6 Å². The molecule has 0 heterocycles. The highest BCUT2D eigenvalue weighted by molar-refractivity contribution is 5.79. The summed E-state index contributed by atoms with van der Waals surface area (Å²) in [6.45, 7) is 7.02. The standard InChI is InChI=1S/C14H19NO3/c1-11(2)10-18-8-7-15-14(17)9-12-5-3-4-6-13(12)16/h3-6,16H,1,7-10H2,2H3,(H,15,17). The average Bonchev–Trinajstić information content (AvgIpc) is 2.31. The second kappa shape index (κ2) is 7.50. The zero-order valence-corrected chi connectivity index (χ0v) is 10.6. The van der Waals surface area contributed by atoms with E-state index in [0.29, 0.717) is 25.3 Å². The molecule has 0 atom stereocenters. The van der Waals surface area contributed by atoms with Crippen LogP contribution < -0.4 is 5.32 Å². The molecule has 0 unspecified atom stereocenters. The molecule has 4 heteroatoms. The summed E-state index contributed by atoms with van der Waals surface area (Å²) >= 11 is 0. The summed E-state index contributed by atoms with van der Waals surface area (Å²) in [5.41, 5.74) is 1.58. The maximum Gasteiger partial charge on any atom is 0.224 e. The van der Waals surface area contributed by atoms with Crippen molar-refractivity contribution in [1.82, 2.24) is 5.32 Å². The van der Waals surface area contributed by atoms with Crippen LogP contribution in [0.15, 0.2) is 36.4 Å². The van der Waals surface area contributed by atoms with E-state index >= 15 is 0 Å². The van der Waals surface area contributed by atoms with Gasteiger partial charge >= 0.3 is 0 Å². The molecule has 0 aromatic heterocycles. The minimum absolute atomic E-state index is 0.129. The Kier molecular flexibility index (Phi) is 5.94. The second-order valence-electron chi connectivity index (χ2n) is 4.17. The van der Waals surface area contributed by atoms with Crippen molar-refractivity contribution in [2.75, 3.05) is 19.8 Å². The summed E-state index contributed by atoms with van der Waals surface area (Å²) in [4.78, 5) is 11.6. The fraction of sp³-hybridized carbons (Fsp3) is 0.357. The third-order valence-corrected chi connectivity index (χ3v) is 2.26. The van der Waals surface area contributed by atoms with Crippen molar-refractivity contribution in [3.8, 4) is 5.75 Å². The molecule has 1 aromatic rings. The van der Waals surface area contributed by atoms with E-state index < -0.39 is 0 Å². The highest BCUT2D eigenvalue weighted by Gasteiger charge is 2.06. The van der Waals surface area contributed by atoms with E-state index in [4.69, 9.17) is 4.74 Å². The second-order valence-corrected chi connectivity index (χ2v) is 4.17. The molecule has 0 fully saturated rings. The average molecular weight is 249 g/mol. The van der Waals surface area contributed by atoms with E-state index in [9.17, 15) is 9.90 Å². The van der Waals surface area contributed by atoms with Gasteiger partial charge in [0.2, 0.25) is 5.91 Å². The van der Waals surface area contributed by atoms with Crippen LogP contribution in [0.5, 0.6) is 5.75 Å². The Labute approximate surface area is 107 Å². The molecule has 1 aromatic carbocycles. The lowest BCUT2D eigenvalue weighted by Crippen LogP contribution is -2.28. The molecule has 0 aliphatic heterocycles. The molecule has 2 N–H and O–H groups in total. The maximum atomic E-state index is 11.6. The fourth-order valence-corrected chi connectivity index (χ4v) is 1.40. The van der Waals surface area contributed by atoms with Gasteiger partial charge in [0.05, 0.1) is 19.6 Å². The number of phenolic OH excluding ortho intramolecular Hbond substituents is 1.